The largest absolute Gasteiger partial charge is 0.394 e. The van der Waals surface area contributed by atoms with Crippen LogP contribution in [0.2, 0.25) is 0 Å². The minimum absolute atomic E-state index is 0.152. The fourth-order valence-corrected chi connectivity index (χ4v) is 2.54. The van der Waals surface area contributed by atoms with Gasteiger partial charge in [0.15, 0.2) is 0 Å². The van der Waals surface area contributed by atoms with Gasteiger partial charge in [0.25, 0.3) is 0 Å². The quantitative estimate of drug-likeness (QED) is 0.628. The molecule has 1 unspecified atom stereocenters. The third kappa shape index (κ3) is 6.21. The van der Waals surface area contributed by atoms with Gasteiger partial charge in [0.1, 0.15) is 0 Å². The molecule has 4 nitrogen and oxygen atoms in total. The van der Waals surface area contributed by atoms with Gasteiger partial charge in [-0.2, -0.15) is 0 Å². The Labute approximate surface area is 117 Å². The van der Waals surface area contributed by atoms with Crippen molar-refractivity contribution in [3.63, 3.8) is 0 Å². The molecule has 0 saturated heterocycles. The Kier molecular flexibility index (Phi) is 7.29. The van der Waals surface area contributed by atoms with E-state index in [9.17, 15) is 10.2 Å². The van der Waals surface area contributed by atoms with Crippen LogP contribution in [0.1, 0.15) is 46.5 Å². The zero-order chi connectivity index (χ0) is 14.3. The Bertz CT molecular complexity index is 238. The summed E-state index contributed by atoms with van der Waals surface area (Å²) in [5, 5.41) is 22.9. The van der Waals surface area contributed by atoms with Gasteiger partial charge < -0.3 is 20.3 Å². The number of hydrogen-bond donors (Lipinski definition) is 3. The van der Waals surface area contributed by atoms with Crippen LogP contribution in [0.3, 0.4) is 0 Å². The average Bonchev–Trinajstić information content (AvgIpc) is 2.38. The van der Waals surface area contributed by atoms with Gasteiger partial charge in [-0.15, -0.1) is 0 Å². The molecule has 0 aliphatic heterocycles. The molecule has 1 atom stereocenters. The highest BCUT2D eigenvalue weighted by Crippen LogP contribution is 2.31. The first-order valence-electron chi connectivity index (χ1n) is 7.59. The van der Waals surface area contributed by atoms with Gasteiger partial charge in [-0.1, -0.05) is 20.8 Å². The van der Waals surface area contributed by atoms with Gasteiger partial charge in [0.2, 0.25) is 0 Å². The maximum absolute atomic E-state index is 9.89. The second kappa shape index (κ2) is 8.20. The van der Waals surface area contributed by atoms with E-state index in [0.717, 1.165) is 31.6 Å². The molecule has 1 aliphatic carbocycles. The molecule has 0 radical (unpaired) electrons. The van der Waals surface area contributed by atoms with Crippen LogP contribution in [0.4, 0.5) is 0 Å². The van der Waals surface area contributed by atoms with Gasteiger partial charge in [-0.25, -0.2) is 0 Å². The molecule has 0 aromatic rings. The molecule has 1 saturated carbocycles. The van der Waals surface area contributed by atoms with Crippen molar-refractivity contribution in [1.82, 2.24) is 5.32 Å². The van der Waals surface area contributed by atoms with Crippen molar-refractivity contribution in [3.8, 4) is 0 Å². The molecule has 3 N–H and O–H groups in total. The van der Waals surface area contributed by atoms with Crippen molar-refractivity contribution in [2.75, 3.05) is 26.4 Å². The van der Waals surface area contributed by atoms with E-state index in [1.54, 1.807) is 0 Å². The standard InChI is InChI=1S/C15H31NO3/c1-12(2)9-19-10-14(18)8-16-15(11-17)6-4-13(3)5-7-15/h12-14,16-18H,4-11H2,1-3H3. The van der Waals surface area contributed by atoms with Crippen molar-refractivity contribution in [2.24, 2.45) is 11.8 Å². The van der Waals surface area contributed by atoms with E-state index < -0.39 is 6.10 Å². The topological polar surface area (TPSA) is 61.7 Å². The zero-order valence-electron chi connectivity index (χ0n) is 12.7. The van der Waals surface area contributed by atoms with E-state index in [4.69, 9.17) is 4.74 Å². The molecule has 114 valence electrons. The Morgan fingerprint density at radius 3 is 2.42 bits per heavy atom. The molecule has 19 heavy (non-hydrogen) atoms. The molecule has 0 spiro atoms. The third-order valence-electron chi connectivity index (χ3n) is 4.01. The summed E-state index contributed by atoms with van der Waals surface area (Å²) in [6, 6.07) is 0. The van der Waals surface area contributed by atoms with Gasteiger partial charge in [-0.3, -0.25) is 0 Å². The molecule has 0 aromatic heterocycles. The van der Waals surface area contributed by atoms with Crippen molar-refractivity contribution >= 4 is 0 Å². The molecule has 0 aromatic carbocycles. The maximum Gasteiger partial charge on any atom is 0.0897 e. The van der Waals surface area contributed by atoms with Crippen LogP contribution in [0.15, 0.2) is 0 Å². The van der Waals surface area contributed by atoms with Crippen LogP contribution >= 0.6 is 0 Å². The predicted octanol–water partition coefficient (Wildman–Crippen LogP) is 1.55. The minimum atomic E-state index is -0.499. The summed E-state index contributed by atoms with van der Waals surface area (Å²) < 4.78 is 5.43. The maximum atomic E-state index is 9.89. The summed E-state index contributed by atoms with van der Waals surface area (Å²) in [6.07, 6.45) is 3.77. The van der Waals surface area contributed by atoms with Crippen LogP contribution in [0, 0.1) is 11.8 Å². The Hall–Kier alpha value is -0.160. The number of aliphatic hydroxyl groups excluding tert-OH is 2. The Balaban J connectivity index is 2.25. The second-order valence-electron chi connectivity index (χ2n) is 6.59. The van der Waals surface area contributed by atoms with Crippen LogP contribution in [-0.2, 0) is 4.74 Å². The minimum Gasteiger partial charge on any atom is -0.394 e. The lowest BCUT2D eigenvalue weighted by Crippen LogP contribution is -2.53. The predicted molar refractivity (Wildman–Crippen MR) is 77.1 cm³/mol. The third-order valence-corrected chi connectivity index (χ3v) is 4.01. The van der Waals surface area contributed by atoms with E-state index in [1.165, 1.54) is 0 Å². The first-order chi connectivity index (χ1) is 8.97. The van der Waals surface area contributed by atoms with E-state index in [0.29, 0.717) is 25.7 Å². The Morgan fingerprint density at radius 1 is 1.26 bits per heavy atom. The number of rotatable bonds is 8. The fourth-order valence-electron chi connectivity index (χ4n) is 2.54. The van der Waals surface area contributed by atoms with E-state index in [1.807, 2.05) is 0 Å². The molecule has 0 bridgehead atoms. The van der Waals surface area contributed by atoms with Crippen molar-refractivity contribution in [1.29, 1.82) is 0 Å². The second-order valence-corrected chi connectivity index (χ2v) is 6.59. The summed E-state index contributed by atoms with van der Waals surface area (Å²) in [4.78, 5) is 0. The SMILES string of the molecule is CC(C)COCC(O)CNC1(CO)CCC(C)CC1. The lowest BCUT2D eigenvalue weighted by atomic mass is 9.77. The van der Waals surface area contributed by atoms with E-state index in [2.05, 4.69) is 26.1 Å². The van der Waals surface area contributed by atoms with Gasteiger partial charge in [0, 0.05) is 18.7 Å². The zero-order valence-corrected chi connectivity index (χ0v) is 12.7. The summed E-state index contributed by atoms with van der Waals surface area (Å²) in [6.45, 7) is 8.13. The monoisotopic (exact) mass is 273 g/mol. The number of nitrogens with one attached hydrogen (secondary N) is 1. The fraction of sp³-hybridized carbons (Fsp3) is 1.00. The smallest absolute Gasteiger partial charge is 0.0897 e. The normalized spacial score (nSPS) is 29.7. The number of aliphatic hydroxyl groups is 2. The molecule has 4 heteroatoms. The summed E-state index contributed by atoms with van der Waals surface area (Å²) in [5.41, 5.74) is -0.189. The summed E-state index contributed by atoms with van der Waals surface area (Å²) >= 11 is 0. The van der Waals surface area contributed by atoms with Gasteiger partial charge in [-0.05, 0) is 37.5 Å². The molecule has 1 rings (SSSR count). The highest BCUT2D eigenvalue weighted by atomic mass is 16.5. The Morgan fingerprint density at radius 2 is 1.89 bits per heavy atom. The molecule has 1 aliphatic rings. The molecular formula is C15H31NO3. The van der Waals surface area contributed by atoms with Gasteiger partial charge >= 0.3 is 0 Å². The van der Waals surface area contributed by atoms with Gasteiger partial charge in [0.05, 0.1) is 19.3 Å². The highest BCUT2D eigenvalue weighted by Gasteiger charge is 2.33. The highest BCUT2D eigenvalue weighted by molar-refractivity contribution is 4.92. The van der Waals surface area contributed by atoms with Crippen LogP contribution < -0.4 is 5.32 Å². The number of β-amino-alcohol motifs (C(OH)–C–C–N with tert-alkyl or cyclic N) is 1. The van der Waals surface area contributed by atoms with E-state index in [-0.39, 0.29) is 12.1 Å². The lowest BCUT2D eigenvalue weighted by molar-refractivity contribution is 0.0153. The van der Waals surface area contributed by atoms with Crippen molar-refractivity contribution < 1.29 is 14.9 Å². The number of ether oxygens (including phenoxy) is 1. The molecular weight excluding hydrogens is 242 g/mol. The molecule has 0 heterocycles. The molecule has 1 fully saturated rings. The summed E-state index contributed by atoms with van der Waals surface area (Å²) in [5.74, 6) is 1.24. The van der Waals surface area contributed by atoms with Crippen molar-refractivity contribution in [3.05, 3.63) is 0 Å². The first-order valence-corrected chi connectivity index (χ1v) is 7.59. The lowest BCUT2D eigenvalue weighted by Gasteiger charge is -2.39. The molecule has 0 amide bonds. The van der Waals surface area contributed by atoms with Crippen LogP contribution in [0.25, 0.3) is 0 Å². The average molecular weight is 273 g/mol. The van der Waals surface area contributed by atoms with Crippen LogP contribution in [0.5, 0.6) is 0 Å². The number of hydrogen-bond acceptors (Lipinski definition) is 4. The van der Waals surface area contributed by atoms with E-state index >= 15 is 0 Å². The van der Waals surface area contributed by atoms with Crippen molar-refractivity contribution in [2.45, 2.75) is 58.1 Å². The summed E-state index contributed by atoms with van der Waals surface area (Å²) in [7, 11) is 0. The van der Waals surface area contributed by atoms with Crippen LogP contribution in [-0.4, -0.2) is 48.2 Å². The first kappa shape index (κ1) is 16.9.